The highest BCUT2D eigenvalue weighted by molar-refractivity contribution is 8.46. The Balaban J connectivity index is 1.71. The first-order chi connectivity index (χ1) is 17.7. The summed E-state index contributed by atoms with van der Waals surface area (Å²) in [5, 5.41) is 5.15. The number of halogens is 5. The molecule has 0 saturated carbocycles. The maximum atomic E-state index is 13.9. The van der Waals surface area contributed by atoms with Crippen molar-refractivity contribution in [3.63, 3.8) is 0 Å². The van der Waals surface area contributed by atoms with Crippen LogP contribution in [0.1, 0.15) is 29.0 Å². The summed E-state index contributed by atoms with van der Waals surface area (Å²) in [4.78, 5) is 28.5. The molecule has 0 aliphatic heterocycles. The Morgan fingerprint density at radius 3 is 2.42 bits per heavy atom. The lowest BCUT2D eigenvalue weighted by molar-refractivity contribution is 0.0941. The molecule has 2 aromatic carbocycles. The fourth-order valence-electron chi connectivity index (χ4n) is 4.30. The highest BCUT2D eigenvalue weighted by Crippen LogP contribution is 3.02. The number of fused-ring (bicyclic) bond motifs is 2. The predicted octanol–water partition coefficient (Wildman–Crippen LogP) is 5.76. The van der Waals surface area contributed by atoms with Gasteiger partial charge in [0.25, 0.3) is 11.5 Å². The molecule has 0 spiro atoms. The Kier molecular flexibility index (Phi) is 5.15. The minimum absolute atomic E-state index is 0.0457. The van der Waals surface area contributed by atoms with E-state index < -0.39 is 38.0 Å². The van der Waals surface area contributed by atoms with Crippen LogP contribution in [0.15, 0.2) is 82.7 Å². The van der Waals surface area contributed by atoms with E-state index in [-0.39, 0.29) is 39.9 Å². The van der Waals surface area contributed by atoms with Crippen LogP contribution in [0.4, 0.5) is 25.2 Å². The fourth-order valence-corrected chi connectivity index (χ4v) is 5.22. The van der Waals surface area contributed by atoms with Gasteiger partial charge in [-0.2, -0.15) is 0 Å². The van der Waals surface area contributed by atoms with E-state index in [9.17, 15) is 29.0 Å². The van der Waals surface area contributed by atoms with E-state index in [0.717, 1.165) is 16.7 Å². The van der Waals surface area contributed by atoms with Crippen LogP contribution in [0, 0.1) is 0 Å². The average Bonchev–Trinajstić information content (AvgIpc) is 3.18. The van der Waals surface area contributed by atoms with Gasteiger partial charge in [-0.25, -0.2) is 9.50 Å². The standard InChI is InChI=1S/C24H19F5N6O2S/c1-14(32-23(36)20-21(30)33-34-12-6-11-31-22(20)34)17-13-15-7-5-10-18(38(25,26,27,28)29)19(15)24(37)35(17)16-8-3-2-4-9-16/h2-14H,1H3,(H2,30,33)(H,32,36)/t14-/m1/s1. The number of pyridine rings is 1. The van der Waals surface area contributed by atoms with Crippen molar-refractivity contribution in [1.29, 1.82) is 0 Å². The zero-order chi connectivity index (χ0) is 27.5. The first-order valence-electron chi connectivity index (χ1n) is 11.0. The number of nitrogens with zero attached hydrogens (tertiary/aromatic N) is 4. The normalized spacial score (nSPS) is 14.7. The van der Waals surface area contributed by atoms with Crippen LogP contribution in [0.5, 0.6) is 0 Å². The Morgan fingerprint density at radius 1 is 1.03 bits per heavy atom. The number of para-hydroxylation sites is 1. The van der Waals surface area contributed by atoms with Gasteiger partial charge in [0, 0.05) is 23.8 Å². The number of aromatic nitrogens is 4. The van der Waals surface area contributed by atoms with Crippen molar-refractivity contribution >= 4 is 38.4 Å². The van der Waals surface area contributed by atoms with Gasteiger partial charge in [0.2, 0.25) is 0 Å². The molecule has 0 fully saturated rings. The SMILES string of the molecule is C[C@@H](NC(=O)c1c(N)nn2cccnc12)c1cc2cccc(S(F)(F)(F)(F)F)c2c(=O)n1-c1ccccc1. The predicted molar refractivity (Wildman–Crippen MR) is 134 cm³/mol. The van der Waals surface area contributed by atoms with Crippen LogP contribution in [0.2, 0.25) is 0 Å². The Labute approximate surface area is 211 Å². The third-order valence-corrected chi connectivity index (χ3v) is 7.08. The Bertz CT molecular complexity index is 1800. The molecule has 38 heavy (non-hydrogen) atoms. The molecule has 1 atom stereocenters. The molecular formula is C24H19F5N6O2S. The van der Waals surface area contributed by atoms with Crippen molar-refractivity contribution < 1.29 is 24.2 Å². The van der Waals surface area contributed by atoms with E-state index in [0.29, 0.717) is 0 Å². The fraction of sp³-hybridized carbons (Fsp3) is 0.0833. The maximum absolute atomic E-state index is 13.9. The van der Waals surface area contributed by atoms with Gasteiger partial charge in [-0.15, -0.1) is 5.10 Å². The lowest BCUT2D eigenvalue weighted by Crippen LogP contribution is -2.32. The van der Waals surface area contributed by atoms with Gasteiger partial charge in [-0.1, -0.05) is 49.8 Å². The number of anilines is 1. The molecule has 0 aliphatic carbocycles. The molecule has 3 N–H and O–H groups in total. The topological polar surface area (TPSA) is 107 Å². The summed E-state index contributed by atoms with van der Waals surface area (Å²) in [7, 11) is -10.2. The van der Waals surface area contributed by atoms with Crippen LogP contribution in [0.3, 0.4) is 0 Å². The van der Waals surface area contributed by atoms with E-state index in [1.807, 2.05) is 0 Å². The quantitative estimate of drug-likeness (QED) is 0.271. The number of carbonyl (C=O) groups excluding carboxylic acids is 1. The van der Waals surface area contributed by atoms with Crippen molar-refractivity contribution in [2.45, 2.75) is 17.9 Å². The first kappa shape index (κ1) is 25.2. The van der Waals surface area contributed by atoms with Crippen molar-refractivity contribution in [1.82, 2.24) is 24.5 Å². The molecule has 3 aromatic heterocycles. The molecule has 0 bridgehead atoms. The minimum atomic E-state index is -10.2. The monoisotopic (exact) mass is 550 g/mol. The molecular weight excluding hydrogens is 531 g/mol. The molecule has 5 rings (SSSR count). The van der Waals surface area contributed by atoms with Gasteiger partial charge in [0.15, 0.2) is 11.5 Å². The largest absolute Gasteiger partial charge is 0.381 e. The molecule has 0 unspecified atom stereocenters. The summed E-state index contributed by atoms with van der Waals surface area (Å²) in [6.07, 6.45) is 2.97. The van der Waals surface area contributed by atoms with Crippen LogP contribution in [-0.4, -0.2) is 25.1 Å². The molecule has 0 aliphatic rings. The number of nitrogens with two attached hydrogens (primary N) is 1. The maximum Gasteiger partial charge on any atom is 0.311 e. The second-order valence-electron chi connectivity index (χ2n) is 8.58. The summed E-state index contributed by atoms with van der Waals surface area (Å²) in [6.45, 7) is 1.49. The van der Waals surface area contributed by atoms with Gasteiger partial charge in [-0.3, -0.25) is 14.2 Å². The van der Waals surface area contributed by atoms with Gasteiger partial charge < -0.3 is 11.1 Å². The van der Waals surface area contributed by atoms with Gasteiger partial charge in [-0.05, 0) is 42.6 Å². The summed E-state index contributed by atoms with van der Waals surface area (Å²) >= 11 is 0. The number of hydrogen-bond acceptors (Lipinski definition) is 5. The molecule has 0 saturated heterocycles. The Hall–Kier alpha value is -4.46. The third-order valence-electron chi connectivity index (χ3n) is 5.91. The molecule has 198 valence electrons. The van der Waals surface area contributed by atoms with E-state index in [4.69, 9.17) is 5.73 Å². The molecule has 14 heteroatoms. The van der Waals surface area contributed by atoms with Gasteiger partial charge in [0.1, 0.15) is 10.5 Å². The lowest BCUT2D eigenvalue weighted by Gasteiger charge is -2.41. The van der Waals surface area contributed by atoms with Crippen molar-refractivity contribution in [3.8, 4) is 5.69 Å². The summed E-state index contributed by atoms with van der Waals surface area (Å²) in [6, 6.07) is 11.4. The number of carbonyl (C=O) groups is 1. The number of rotatable bonds is 5. The van der Waals surface area contributed by atoms with Crippen molar-refractivity contribution in [2.24, 2.45) is 0 Å². The third kappa shape index (κ3) is 4.32. The summed E-state index contributed by atoms with van der Waals surface area (Å²) in [5.41, 5.74) is 4.87. The van der Waals surface area contributed by atoms with E-state index in [1.54, 1.807) is 12.1 Å². The Morgan fingerprint density at radius 2 is 1.74 bits per heavy atom. The van der Waals surface area contributed by atoms with Gasteiger partial charge in [0.05, 0.1) is 11.4 Å². The number of nitrogen functional groups attached to an aromatic ring is 1. The van der Waals surface area contributed by atoms with Crippen LogP contribution >= 0.6 is 10.2 Å². The molecule has 8 nitrogen and oxygen atoms in total. The number of amides is 1. The number of benzene rings is 2. The average molecular weight is 551 g/mol. The second-order valence-corrected chi connectivity index (χ2v) is 11.0. The molecule has 5 aromatic rings. The smallest absolute Gasteiger partial charge is 0.311 e. The van der Waals surface area contributed by atoms with Crippen LogP contribution < -0.4 is 16.6 Å². The molecule has 3 heterocycles. The lowest BCUT2D eigenvalue weighted by atomic mass is 10.1. The second kappa shape index (κ2) is 7.77. The zero-order valence-electron chi connectivity index (χ0n) is 19.5. The number of nitrogens with one attached hydrogen (secondary N) is 1. The van der Waals surface area contributed by atoms with Crippen LogP contribution in [0.25, 0.3) is 22.1 Å². The van der Waals surface area contributed by atoms with Crippen LogP contribution in [-0.2, 0) is 0 Å². The highest BCUT2D eigenvalue weighted by atomic mass is 32.5. The number of hydrogen-bond donors (Lipinski definition) is 2. The van der Waals surface area contributed by atoms with Gasteiger partial charge >= 0.3 is 10.2 Å². The highest BCUT2D eigenvalue weighted by Gasteiger charge is 2.66. The minimum Gasteiger partial charge on any atom is -0.381 e. The van der Waals surface area contributed by atoms with E-state index in [2.05, 4.69) is 15.4 Å². The summed E-state index contributed by atoms with van der Waals surface area (Å²) < 4.78 is 71.7. The van der Waals surface area contributed by atoms with Crippen molar-refractivity contribution in [3.05, 3.63) is 94.7 Å². The van der Waals surface area contributed by atoms with Crippen molar-refractivity contribution in [2.75, 3.05) is 5.73 Å². The van der Waals surface area contributed by atoms with E-state index in [1.165, 1.54) is 54.2 Å². The zero-order valence-corrected chi connectivity index (χ0v) is 20.3. The van der Waals surface area contributed by atoms with E-state index >= 15 is 0 Å². The first-order valence-corrected chi connectivity index (χ1v) is 13.0. The molecule has 1 amide bonds. The molecule has 0 radical (unpaired) electrons. The summed E-state index contributed by atoms with van der Waals surface area (Å²) in [5.74, 6) is -0.829.